The number of hydrogen-bond donors (Lipinski definition) is 0. The summed E-state index contributed by atoms with van der Waals surface area (Å²) in [6, 6.07) is 23.8. The SMILES string of the molecule is CCCC(=O)Oc1ccc(/C(=C(\C)c2ccc(Cl)cc2)c2ccc(OCCN(CC)CC)cc2)cc1. The normalized spacial score (nSPS) is 11.8. The number of hydrogen-bond acceptors (Lipinski definition) is 4. The van der Waals surface area contributed by atoms with Gasteiger partial charge in [-0.25, -0.2) is 0 Å². The van der Waals surface area contributed by atoms with Crippen LogP contribution in [0.1, 0.15) is 57.2 Å². The van der Waals surface area contributed by atoms with Gasteiger partial charge >= 0.3 is 5.97 Å². The van der Waals surface area contributed by atoms with E-state index in [0.29, 0.717) is 23.8 Å². The van der Waals surface area contributed by atoms with Gasteiger partial charge in [-0.2, -0.15) is 0 Å². The standard InChI is InChI=1S/C31H36ClNO3/c1-5-8-30(34)36-29-19-13-26(14-20-29)31(23(4)24-9-15-27(32)16-10-24)25-11-17-28(18-12-25)35-22-21-33(6-2)7-3/h9-20H,5-8,21-22H2,1-4H3/b31-23+. The highest BCUT2D eigenvalue weighted by atomic mass is 35.5. The molecule has 3 aromatic rings. The molecule has 0 aliphatic carbocycles. The quantitative estimate of drug-likeness (QED) is 0.143. The molecule has 0 N–H and O–H groups in total. The maximum atomic E-state index is 11.9. The van der Waals surface area contributed by atoms with Gasteiger partial charge in [0.15, 0.2) is 0 Å². The molecule has 3 rings (SSSR count). The third-order valence-electron chi connectivity index (χ3n) is 6.19. The van der Waals surface area contributed by atoms with Gasteiger partial charge in [-0.05, 0) is 90.7 Å². The summed E-state index contributed by atoms with van der Waals surface area (Å²) in [5.74, 6) is 1.19. The lowest BCUT2D eigenvalue weighted by Crippen LogP contribution is -2.27. The van der Waals surface area contributed by atoms with Crippen LogP contribution in [-0.4, -0.2) is 37.1 Å². The summed E-state index contributed by atoms with van der Waals surface area (Å²) in [6.07, 6.45) is 1.17. The number of likely N-dealkylation sites (N-methyl/N-ethyl adjacent to an activating group) is 1. The number of carbonyl (C=O) groups excluding carboxylic acids is 1. The molecule has 0 radical (unpaired) electrons. The summed E-state index contributed by atoms with van der Waals surface area (Å²) in [5, 5.41) is 0.706. The molecule has 0 saturated heterocycles. The highest BCUT2D eigenvalue weighted by Gasteiger charge is 2.13. The fourth-order valence-corrected chi connectivity index (χ4v) is 4.20. The number of halogens is 1. The molecular formula is C31H36ClNO3. The van der Waals surface area contributed by atoms with Crippen molar-refractivity contribution < 1.29 is 14.3 Å². The fraction of sp³-hybridized carbons (Fsp3) is 0.323. The van der Waals surface area contributed by atoms with E-state index in [-0.39, 0.29) is 5.97 Å². The predicted octanol–water partition coefficient (Wildman–Crippen LogP) is 7.75. The minimum atomic E-state index is -0.213. The molecule has 0 heterocycles. The van der Waals surface area contributed by atoms with Gasteiger partial charge in [0.25, 0.3) is 0 Å². The van der Waals surface area contributed by atoms with Gasteiger partial charge in [-0.1, -0.05) is 68.8 Å². The zero-order chi connectivity index (χ0) is 25.9. The lowest BCUT2D eigenvalue weighted by Gasteiger charge is -2.18. The lowest BCUT2D eigenvalue weighted by molar-refractivity contribution is -0.134. The summed E-state index contributed by atoms with van der Waals surface area (Å²) in [5.41, 5.74) is 5.42. The van der Waals surface area contributed by atoms with Crippen molar-refractivity contribution in [3.63, 3.8) is 0 Å². The summed E-state index contributed by atoms with van der Waals surface area (Å²) >= 11 is 6.13. The Kier molecular flexibility index (Phi) is 10.6. The Bertz CT molecular complexity index is 1130. The molecule has 0 aromatic heterocycles. The van der Waals surface area contributed by atoms with Crippen molar-refractivity contribution in [2.45, 2.75) is 40.5 Å². The van der Waals surface area contributed by atoms with E-state index >= 15 is 0 Å². The van der Waals surface area contributed by atoms with Crippen LogP contribution in [0.25, 0.3) is 11.1 Å². The van der Waals surface area contributed by atoms with E-state index in [0.717, 1.165) is 59.6 Å². The van der Waals surface area contributed by atoms with Crippen LogP contribution in [0.3, 0.4) is 0 Å². The second kappa shape index (κ2) is 13.9. The lowest BCUT2D eigenvalue weighted by atomic mass is 9.90. The molecule has 5 heteroatoms. The highest BCUT2D eigenvalue weighted by Crippen LogP contribution is 2.34. The molecule has 0 aliphatic heterocycles. The Labute approximate surface area is 220 Å². The van der Waals surface area contributed by atoms with Crippen molar-refractivity contribution >= 4 is 28.7 Å². The predicted molar refractivity (Wildman–Crippen MR) is 150 cm³/mol. The molecule has 0 saturated carbocycles. The van der Waals surface area contributed by atoms with Crippen molar-refractivity contribution in [2.24, 2.45) is 0 Å². The summed E-state index contributed by atoms with van der Waals surface area (Å²) < 4.78 is 11.4. The molecule has 0 aliphatic rings. The molecule has 0 amide bonds. The Morgan fingerprint density at radius 3 is 1.83 bits per heavy atom. The molecule has 0 spiro atoms. The van der Waals surface area contributed by atoms with Gasteiger partial charge in [0.05, 0.1) is 0 Å². The van der Waals surface area contributed by atoms with Crippen molar-refractivity contribution in [3.8, 4) is 11.5 Å². The van der Waals surface area contributed by atoms with Crippen LogP contribution in [-0.2, 0) is 4.79 Å². The number of esters is 1. The van der Waals surface area contributed by atoms with Crippen LogP contribution in [0.15, 0.2) is 72.8 Å². The molecule has 36 heavy (non-hydrogen) atoms. The molecule has 190 valence electrons. The largest absolute Gasteiger partial charge is 0.492 e. The van der Waals surface area contributed by atoms with Gasteiger partial charge < -0.3 is 14.4 Å². The van der Waals surface area contributed by atoms with Crippen molar-refractivity contribution in [3.05, 3.63) is 94.5 Å². The van der Waals surface area contributed by atoms with E-state index in [1.165, 1.54) is 0 Å². The molecule has 0 unspecified atom stereocenters. The second-order valence-corrected chi connectivity index (χ2v) is 9.09. The zero-order valence-electron chi connectivity index (χ0n) is 21.7. The Balaban J connectivity index is 1.89. The third kappa shape index (κ3) is 7.71. The van der Waals surface area contributed by atoms with E-state index in [2.05, 4.69) is 37.8 Å². The van der Waals surface area contributed by atoms with Gasteiger partial charge in [-0.3, -0.25) is 4.79 Å². The molecule has 3 aromatic carbocycles. The van der Waals surface area contributed by atoms with Gasteiger partial charge in [0.1, 0.15) is 18.1 Å². The van der Waals surface area contributed by atoms with E-state index < -0.39 is 0 Å². The minimum Gasteiger partial charge on any atom is -0.492 e. The van der Waals surface area contributed by atoms with E-state index in [1.807, 2.05) is 67.6 Å². The first-order valence-corrected chi connectivity index (χ1v) is 13.1. The number of benzene rings is 3. The molecule has 0 fully saturated rings. The highest BCUT2D eigenvalue weighted by molar-refractivity contribution is 6.30. The summed E-state index contributed by atoms with van der Waals surface area (Å²) in [4.78, 5) is 14.2. The topological polar surface area (TPSA) is 38.8 Å². The molecular weight excluding hydrogens is 470 g/mol. The van der Waals surface area contributed by atoms with Crippen LogP contribution in [0.2, 0.25) is 5.02 Å². The van der Waals surface area contributed by atoms with Gasteiger partial charge in [0.2, 0.25) is 0 Å². The maximum absolute atomic E-state index is 11.9. The summed E-state index contributed by atoms with van der Waals surface area (Å²) in [7, 11) is 0. The molecule has 0 bridgehead atoms. The first kappa shape index (κ1) is 27.5. The Morgan fingerprint density at radius 2 is 1.31 bits per heavy atom. The number of allylic oxidation sites excluding steroid dienone is 1. The Hall–Kier alpha value is -3.08. The second-order valence-electron chi connectivity index (χ2n) is 8.66. The van der Waals surface area contributed by atoms with Gasteiger partial charge in [-0.15, -0.1) is 0 Å². The fourth-order valence-electron chi connectivity index (χ4n) is 4.07. The van der Waals surface area contributed by atoms with Crippen LogP contribution < -0.4 is 9.47 Å². The Morgan fingerprint density at radius 1 is 0.778 bits per heavy atom. The summed E-state index contributed by atoms with van der Waals surface area (Å²) in [6.45, 7) is 12.0. The number of rotatable bonds is 12. The number of nitrogens with zero attached hydrogens (tertiary/aromatic N) is 1. The van der Waals surface area contributed by atoms with E-state index in [1.54, 1.807) is 0 Å². The van der Waals surface area contributed by atoms with Crippen LogP contribution in [0.4, 0.5) is 0 Å². The zero-order valence-corrected chi connectivity index (χ0v) is 22.5. The van der Waals surface area contributed by atoms with Crippen molar-refractivity contribution in [1.82, 2.24) is 4.90 Å². The van der Waals surface area contributed by atoms with Gasteiger partial charge in [0, 0.05) is 18.0 Å². The number of carbonyl (C=O) groups is 1. The first-order valence-electron chi connectivity index (χ1n) is 12.7. The van der Waals surface area contributed by atoms with E-state index in [9.17, 15) is 4.79 Å². The van der Waals surface area contributed by atoms with Crippen molar-refractivity contribution in [1.29, 1.82) is 0 Å². The monoisotopic (exact) mass is 505 g/mol. The average molecular weight is 506 g/mol. The molecule has 0 atom stereocenters. The maximum Gasteiger partial charge on any atom is 0.311 e. The number of ether oxygens (including phenoxy) is 2. The van der Waals surface area contributed by atoms with E-state index in [4.69, 9.17) is 21.1 Å². The molecule has 4 nitrogen and oxygen atoms in total. The minimum absolute atomic E-state index is 0.213. The third-order valence-corrected chi connectivity index (χ3v) is 6.45. The van der Waals surface area contributed by atoms with Crippen LogP contribution in [0.5, 0.6) is 11.5 Å². The van der Waals surface area contributed by atoms with Crippen LogP contribution in [0, 0.1) is 0 Å². The van der Waals surface area contributed by atoms with Crippen molar-refractivity contribution in [2.75, 3.05) is 26.2 Å². The first-order chi connectivity index (χ1) is 17.4. The smallest absolute Gasteiger partial charge is 0.311 e. The average Bonchev–Trinajstić information content (AvgIpc) is 2.89. The van der Waals surface area contributed by atoms with Crippen LogP contribution >= 0.6 is 11.6 Å².